The van der Waals surface area contributed by atoms with Crippen LogP contribution in [0.4, 0.5) is 0 Å². The molecule has 4 heteroatoms. The lowest BCUT2D eigenvalue weighted by atomic mass is 10.1. The average Bonchev–Trinajstić information content (AvgIpc) is 2.78. The molecule has 0 fully saturated rings. The zero-order valence-electron chi connectivity index (χ0n) is 9.77. The molecule has 17 heavy (non-hydrogen) atoms. The number of benzene rings is 1. The molecule has 0 aliphatic carbocycles. The molecule has 0 N–H and O–H groups in total. The summed E-state index contributed by atoms with van der Waals surface area (Å²) >= 11 is 1.36. The van der Waals surface area contributed by atoms with Crippen LogP contribution in [-0.2, 0) is 4.74 Å². The average molecular weight is 247 g/mol. The summed E-state index contributed by atoms with van der Waals surface area (Å²) in [7, 11) is 0. The van der Waals surface area contributed by atoms with Crippen LogP contribution in [0, 0.1) is 6.92 Å². The van der Waals surface area contributed by atoms with Gasteiger partial charge in [-0.2, -0.15) is 0 Å². The van der Waals surface area contributed by atoms with Gasteiger partial charge >= 0.3 is 5.97 Å². The van der Waals surface area contributed by atoms with E-state index in [2.05, 4.69) is 4.98 Å². The van der Waals surface area contributed by atoms with Gasteiger partial charge in [-0.1, -0.05) is 23.8 Å². The summed E-state index contributed by atoms with van der Waals surface area (Å²) in [6.45, 7) is 4.21. The molecule has 1 aromatic heterocycles. The van der Waals surface area contributed by atoms with Gasteiger partial charge in [0.15, 0.2) is 0 Å². The number of aryl methyl sites for hydroxylation is 1. The third-order valence-electron chi connectivity index (χ3n) is 2.25. The van der Waals surface area contributed by atoms with Crippen molar-refractivity contribution in [1.82, 2.24) is 4.98 Å². The van der Waals surface area contributed by atoms with Crippen LogP contribution in [0.15, 0.2) is 30.5 Å². The number of thiazole rings is 1. The summed E-state index contributed by atoms with van der Waals surface area (Å²) < 4.78 is 4.93. The van der Waals surface area contributed by atoms with Crippen molar-refractivity contribution in [2.75, 3.05) is 6.61 Å². The largest absolute Gasteiger partial charge is 0.462 e. The first-order valence-electron chi connectivity index (χ1n) is 5.40. The maximum Gasteiger partial charge on any atom is 0.349 e. The van der Waals surface area contributed by atoms with Crippen LogP contribution in [0.25, 0.3) is 10.6 Å². The molecule has 3 nitrogen and oxygen atoms in total. The highest BCUT2D eigenvalue weighted by Crippen LogP contribution is 2.26. The number of rotatable bonds is 3. The van der Waals surface area contributed by atoms with E-state index in [1.165, 1.54) is 16.9 Å². The molecule has 0 saturated carbocycles. The highest BCUT2D eigenvalue weighted by molar-refractivity contribution is 7.16. The van der Waals surface area contributed by atoms with Gasteiger partial charge in [0.25, 0.3) is 0 Å². The molecule has 1 heterocycles. The summed E-state index contributed by atoms with van der Waals surface area (Å²) in [5.41, 5.74) is 2.21. The molecule has 0 radical (unpaired) electrons. The molecule has 1 aromatic carbocycles. The number of aromatic nitrogens is 1. The fraction of sp³-hybridized carbons (Fsp3) is 0.231. The fourth-order valence-electron chi connectivity index (χ4n) is 1.48. The minimum absolute atomic E-state index is 0.302. The molecular formula is C13H13NO2S. The molecule has 0 bridgehead atoms. The Balaban J connectivity index is 2.27. The predicted molar refractivity (Wildman–Crippen MR) is 68.2 cm³/mol. The van der Waals surface area contributed by atoms with E-state index in [9.17, 15) is 4.79 Å². The maximum absolute atomic E-state index is 11.5. The van der Waals surface area contributed by atoms with E-state index in [0.717, 1.165) is 10.6 Å². The van der Waals surface area contributed by atoms with Crippen molar-refractivity contribution in [3.63, 3.8) is 0 Å². The van der Waals surface area contributed by atoms with E-state index in [4.69, 9.17) is 4.74 Å². The minimum Gasteiger partial charge on any atom is -0.462 e. The summed E-state index contributed by atoms with van der Waals surface area (Å²) in [6.07, 6.45) is 1.57. The lowest BCUT2D eigenvalue weighted by Gasteiger charge is -1.97. The molecule has 2 aromatic rings. The molecule has 0 aliphatic heterocycles. The molecule has 0 amide bonds. The standard InChI is InChI=1S/C13H13NO2S/c1-3-16-13(15)11-8-14-12(17-11)10-6-4-5-9(2)7-10/h4-8H,3H2,1-2H3. The van der Waals surface area contributed by atoms with Crippen molar-refractivity contribution in [2.45, 2.75) is 13.8 Å². The third-order valence-corrected chi connectivity index (χ3v) is 3.27. The Labute approximate surface area is 104 Å². The molecule has 0 spiro atoms. The first-order valence-corrected chi connectivity index (χ1v) is 6.22. The van der Waals surface area contributed by atoms with Gasteiger partial charge < -0.3 is 4.74 Å². The second kappa shape index (κ2) is 5.10. The Hall–Kier alpha value is -1.68. The Kier molecular flexibility index (Phi) is 3.54. The molecular weight excluding hydrogens is 234 g/mol. The van der Waals surface area contributed by atoms with Crippen LogP contribution in [0.2, 0.25) is 0 Å². The number of carbonyl (C=O) groups is 1. The van der Waals surface area contributed by atoms with Crippen LogP contribution < -0.4 is 0 Å². The van der Waals surface area contributed by atoms with Crippen LogP contribution in [0.3, 0.4) is 0 Å². The lowest BCUT2D eigenvalue weighted by molar-refractivity contribution is 0.0532. The molecule has 0 atom stereocenters. The topological polar surface area (TPSA) is 39.2 Å². The first-order chi connectivity index (χ1) is 8.20. The molecule has 88 valence electrons. The Bertz CT molecular complexity index is 534. The number of esters is 1. The van der Waals surface area contributed by atoms with Crippen molar-refractivity contribution < 1.29 is 9.53 Å². The lowest BCUT2D eigenvalue weighted by Crippen LogP contribution is -2.01. The quantitative estimate of drug-likeness (QED) is 0.781. The summed E-state index contributed by atoms with van der Waals surface area (Å²) in [4.78, 5) is 16.3. The van der Waals surface area contributed by atoms with Crippen LogP contribution in [0.1, 0.15) is 22.2 Å². The van der Waals surface area contributed by atoms with Crippen molar-refractivity contribution in [2.24, 2.45) is 0 Å². The van der Waals surface area contributed by atoms with Crippen molar-refractivity contribution >= 4 is 17.3 Å². The van der Waals surface area contributed by atoms with Gasteiger partial charge in [-0.25, -0.2) is 9.78 Å². The Morgan fingerprint density at radius 3 is 3.00 bits per heavy atom. The summed E-state index contributed by atoms with van der Waals surface area (Å²) in [5, 5.41) is 0.844. The second-order valence-corrected chi connectivity index (χ2v) is 4.65. The maximum atomic E-state index is 11.5. The van der Waals surface area contributed by atoms with Gasteiger partial charge in [0.1, 0.15) is 9.88 Å². The zero-order valence-corrected chi connectivity index (χ0v) is 10.6. The van der Waals surface area contributed by atoms with Gasteiger partial charge in [-0.05, 0) is 19.9 Å². The summed E-state index contributed by atoms with van der Waals surface area (Å²) in [6, 6.07) is 8.05. The van der Waals surface area contributed by atoms with E-state index in [1.54, 1.807) is 13.1 Å². The van der Waals surface area contributed by atoms with E-state index in [0.29, 0.717) is 11.5 Å². The normalized spacial score (nSPS) is 10.2. The highest BCUT2D eigenvalue weighted by Gasteiger charge is 2.12. The molecule has 2 rings (SSSR count). The third kappa shape index (κ3) is 2.71. The second-order valence-electron chi connectivity index (χ2n) is 3.62. The number of hydrogen-bond acceptors (Lipinski definition) is 4. The molecule has 0 saturated heterocycles. The van der Waals surface area contributed by atoms with Gasteiger partial charge in [0.2, 0.25) is 0 Å². The molecule has 0 unspecified atom stereocenters. The monoisotopic (exact) mass is 247 g/mol. The van der Waals surface area contributed by atoms with Crippen molar-refractivity contribution in [3.05, 3.63) is 40.9 Å². The zero-order chi connectivity index (χ0) is 12.3. The fourth-order valence-corrected chi connectivity index (χ4v) is 2.29. The Morgan fingerprint density at radius 1 is 1.47 bits per heavy atom. The SMILES string of the molecule is CCOC(=O)c1cnc(-c2cccc(C)c2)s1. The van der Waals surface area contributed by atoms with E-state index in [-0.39, 0.29) is 5.97 Å². The first kappa shape index (κ1) is 11.8. The number of carbonyl (C=O) groups excluding carboxylic acids is 1. The number of hydrogen-bond donors (Lipinski definition) is 0. The predicted octanol–water partition coefficient (Wildman–Crippen LogP) is 3.30. The van der Waals surface area contributed by atoms with Crippen LogP contribution in [0.5, 0.6) is 0 Å². The highest BCUT2D eigenvalue weighted by atomic mass is 32.1. The van der Waals surface area contributed by atoms with E-state index in [1.807, 2.05) is 31.2 Å². The van der Waals surface area contributed by atoms with Gasteiger partial charge in [-0.15, -0.1) is 11.3 Å². The van der Waals surface area contributed by atoms with E-state index < -0.39 is 0 Å². The van der Waals surface area contributed by atoms with Gasteiger partial charge in [0.05, 0.1) is 12.8 Å². The molecule has 0 aliphatic rings. The number of nitrogens with zero attached hydrogens (tertiary/aromatic N) is 1. The van der Waals surface area contributed by atoms with Crippen molar-refractivity contribution in [1.29, 1.82) is 0 Å². The van der Waals surface area contributed by atoms with Crippen molar-refractivity contribution in [3.8, 4) is 10.6 Å². The minimum atomic E-state index is -0.302. The van der Waals surface area contributed by atoms with Gasteiger partial charge in [0, 0.05) is 5.56 Å². The van der Waals surface area contributed by atoms with Crippen LogP contribution >= 0.6 is 11.3 Å². The Morgan fingerprint density at radius 2 is 2.29 bits per heavy atom. The van der Waals surface area contributed by atoms with Gasteiger partial charge in [-0.3, -0.25) is 0 Å². The number of ether oxygens (including phenoxy) is 1. The summed E-state index contributed by atoms with van der Waals surface area (Å²) in [5.74, 6) is -0.302. The van der Waals surface area contributed by atoms with E-state index >= 15 is 0 Å². The van der Waals surface area contributed by atoms with Crippen LogP contribution in [-0.4, -0.2) is 17.6 Å². The smallest absolute Gasteiger partial charge is 0.349 e.